The van der Waals surface area contributed by atoms with Crippen LogP contribution in [-0.2, 0) is 4.79 Å². The molecule has 0 bridgehead atoms. The largest absolute Gasteiger partial charge is 0.480 e. The van der Waals surface area contributed by atoms with Crippen molar-refractivity contribution in [2.75, 3.05) is 6.54 Å². The fourth-order valence-electron chi connectivity index (χ4n) is 1.01. The van der Waals surface area contributed by atoms with E-state index in [9.17, 15) is 4.79 Å². The summed E-state index contributed by atoms with van der Waals surface area (Å²) in [7, 11) is 0. The van der Waals surface area contributed by atoms with Crippen LogP contribution in [0.4, 0.5) is 0 Å². The summed E-state index contributed by atoms with van der Waals surface area (Å²) in [4.78, 5) is 10.7. The second kappa shape index (κ2) is 4.25. The molecular weight excluding hydrogens is 194 g/mol. The molecule has 0 saturated carbocycles. The molecule has 13 heavy (non-hydrogen) atoms. The van der Waals surface area contributed by atoms with E-state index in [1.165, 1.54) is 17.1 Å². The van der Waals surface area contributed by atoms with Crippen molar-refractivity contribution in [3.63, 3.8) is 0 Å². The number of halogens is 1. The number of aliphatic carboxylic acids is 1. The average Bonchev–Trinajstić information content (AvgIpc) is 2.46. The fourth-order valence-corrected chi connectivity index (χ4v) is 1.16. The van der Waals surface area contributed by atoms with E-state index < -0.39 is 12.0 Å². The summed E-state index contributed by atoms with van der Waals surface area (Å²) < 4.78 is 1.30. The van der Waals surface area contributed by atoms with Gasteiger partial charge in [-0.3, -0.25) is 4.68 Å². The zero-order valence-electron chi connectivity index (χ0n) is 6.85. The quantitative estimate of drug-likeness (QED) is 0.747. The Kier molecular flexibility index (Phi) is 3.27. The predicted molar refractivity (Wildman–Crippen MR) is 47.6 cm³/mol. The number of nitrogens with zero attached hydrogens (tertiary/aromatic N) is 2. The van der Waals surface area contributed by atoms with Crippen molar-refractivity contribution >= 4 is 17.6 Å². The van der Waals surface area contributed by atoms with Gasteiger partial charge in [0.2, 0.25) is 0 Å². The molecule has 1 aromatic rings. The first-order chi connectivity index (χ1) is 6.15. The normalized spacial score (nSPS) is 12.8. The van der Waals surface area contributed by atoms with Crippen molar-refractivity contribution < 1.29 is 9.90 Å². The number of aromatic nitrogens is 2. The van der Waals surface area contributed by atoms with Gasteiger partial charge >= 0.3 is 5.97 Å². The SMILES string of the molecule is NCCC(C(=O)O)n1cc(Cl)cn1. The number of hydrogen-bond acceptors (Lipinski definition) is 3. The van der Waals surface area contributed by atoms with Gasteiger partial charge in [-0.2, -0.15) is 5.10 Å². The van der Waals surface area contributed by atoms with E-state index in [2.05, 4.69) is 5.10 Å². The lowest BCUT2D eigenvalue weighted by molar-refractivity contribution is -0.141. The molecule has 0 aliphatic heterocycles. The van der Waals surface area contributed by atoms with Gasteiger partial charge in [-0.15, -0.1) is 0 Å². The minimum Gasteiger partial charge on any atom is -0.480 e. The topological polar surface area (TPSA) is 81.1 Å². The van der Waals surface area contributed by atoms with Crippen molar-refractivity contribution in [1.29, 1.82) is 0 Å². The first-order valence-corrected chi connectivity index (χ1v) is 4.15. The third-order valence-corrected chi connectivity index (χ3v) is 1.81. The van der Waals surface area contributed by atoms with Gasteiger partial charge in [0.25, 0.3) is 0 Å². The Labute approximate surface area is 80.1 Å². The van der Waals surface area contributed by atoms with Gasteiger partial charge in [0.15, 0.2) is 6.04 Å². The minimum absolute atomic E-state index is 0.300. The molecule has 1 aromatic heterocycles. The highest BCUT2D eigenvalue weighted by atomic mass is 35.5. The molecule has 5 nitrogen and oxygen atoms in total. The molecule has 6 heteroatoms. The van der Waals surface area contributed by atoms with Crippen LogP contribution in [0.15, 0.2) is 12.4 Å². The fraction of sp³-hybridized carbons (Fsp3) is 0.429. The Morgan fingerprint density at radius 2 is 2.54 bits per heavy atom. The molecule has 1 rings (SSSR count). The third kappa shape index (κ3) is 2.43. The Balaban J connectivity index is 2.81. The van der Waals surface area contributed by atoms with Crippen LogP contribution in [0.3, 0.4) is 0 Å². The van der Waals surface area contributed by atoms with Crippen molar-refractivity contribution in [3.05, 3.63) is 17.4 Å². The van der Waals surface area contributed by atoms with Crippen molar-refractivity contribution in [1.82, 2.24) is 9.78 Å². The van der Waals surface area contributed by atoms with Gasteiger partial charge in [-0.05, 0) is 13.0 Å². The predicted octanol–water partition coefficient (Wildman–Crippen LogP) is 0.511. The van der Waals surface area contributed by atoms with Crippen LogP contribution in [0.2, 0.25) is 5.02 Å². The summed E-state index contributed by atoms with van der Waals surface area (Å²) in [6.07, 6.45) is 3.21. The van der Waals surface area contributed by atoms with Gasteiger partial charge in [0.05, 0.1) is 11.2 Å². The van der Waals surface area contributed by atoms with E-state index in [-0.39, 0.29) is 0 Å². The second-order valence-corrected chi connectivity index (χ2v) is 3.01. The molecule has 0 fully saturated rings. The monoisotopic (exact) mass is 203 g/mol. The van der Waals surface area contributed by atoms with Gasteiger partial charge in [0.1, 0.15) is 0 Å². The summed E-state index contributed by atoms with van der Waals surface area (Å²) in [5.74, 6) is -0.954. The van der Waals surface area contributed by atoms with E-state index >= 15 is 0 Å². The molecule has 0 aliphatic carbocycles. The molecule has 3 N–H and O–H groups in total. The van der Waals surface area contributed by atoms with Gasteiger partial charge < -0.3 is 10.8 Å². The van der Waals surface area contributed by atoms with E-state index in [1.807, 2.05) is 0 Å². The van der Waals surface area contributed by atoms with Crippen LogP contribution < -0.4 is 5.73 Å². The van der Waals surface area contributed by atoms with Crippen molar-refractivity contribution in [2.45, 2.75) is 12.5 Å². The number of carboxylic acid groups (broad SMARTS) is 1. The molecule has 0 spiro atoms. The van der Waals surface area contributed by atoms with Crippen LogP contribution in [0.25, 0.3) is 0 Å². The Morgan fingerprint density at radius 3 is 2.92 bits per heavy atom. The van der Waals surface area contributed by atoms with E-state index in [0.717, 1.165) is 0 Å². The lowest BCUT2D eigenvalue weighted by atomic mass is 10.2. The zero-order chi connectivity index (χ0) is 9.84. The second-order valence-electron chi connectivity index (χ2n) is 2.57. The lowest BCUT2D eigenvalue weighted by Gasteiger charge is -2.10. The maximum Gasteiger partial charge on any atom is 0.328 e. The lowest BCUT2D eigenvalue weighted by Crippen LogP contribution is -2.22. The Bertz CT molecular complexity index is 300. The molecule has 0 aromatic carbocycles. The van der Waals surface area contributed by atoms with Crippen molar-refractivity contribution in [2.24, 2.45) is 5.73 Å². The Hall–Kier alpha value is -1.07. The van der Waals surface area contributed by atoms with Crippen LogP contribution >= 0.6 is 11.6 Å². The van der Waals surface area contributed by atoms with Gasteiger partial charge in [-0.1, -0.05) is 11.6 Å². The number of carbonyl (C=O) groups is 1. The third-order valence-electron chi connectivity index (χ3n) is 1.61. The van der Waals surface area contributed by atoms with E-state index in [1.54, 1.807) is 0 Å². The van der Waals surface area contributed by atoms with Crippen LogP contribution in [0.1, 0.15) is 12.5 Å². The summed E-state index contributed by atoms with van der Waals surface area (Å²) in [6.45, 7) is 0.300. The zero-order valence-corrected chi connectivity index (χ0v) is 7.61. The number of hydrogen-bond donors (Lipinski definition) is 2. The van der Waals surface area contributed by atoms with Crippen LogP contribution in [0.5, 0.6) is 0 Å². The first kappa shape index (κ1) is 10.0. The molecule has 0 aliphatic rings. The molecule has 72 valence electrons. The highest BCUT2D eigenvalue weighted by molar-refractivity contribution is 6.30. The van der Waals surface area contributed by atoms with Crippen LogP contribution in [0, 0.1) is 0 Å². The summed E-state index contributed by atoms with van der Waals surface area (Å²) in [5.41, 5.74) is 5.27. The maximum atomic E-state index is 10.7. The molecule has 0 radical (unpaired) electrons. The Morgan fingerprint density at radius 1 is 1.85 bits per heavy atom. The molecule has 0 amide bonds. The molecule has 0 saturated heterocycles. The number of carboxylic acids is 1. The van der Waals surface area contributed by atoms with E-state index in [4.69, 9.17) is 22.4 Å². The summed E-state index contributed by atoms with van der Waals surface area (Å²) >= 11 is 5.60. The molecule has 1 heterocycles. The molecule has 1 atom stereocenters. The standard InChI is InChI=1S/C7H10ClN3O2/c8-5-3-10-11(4-5)6(1-2-9)7(12)13/h3-4,6H,1-2,9H2,(H,12,13). The smallest absolute Gasteiger partial charge is 0.328 e. The molecule has 1 unspecified atom stereocenters. The first-order valence-electron chi connectivity index (χ1n) is 3.77. The minimum atomic E-state index is -0.954. The maximum absolute atomic E-state index is 10.7. The summed E-state index contributed by atoms with van der Waals surface area (Å²) in [6, 6.07) is -0.725. The van der Waals surface area contributed by atoms with Gasteiger partial charge in [-0.25, -0.2) is 4.79 Å². The number of rotatable bonds is 4. The highest BCUT2D eigenvalue weighted by Gasteiger charge is 2.18. The highest BCUT2D eigenvalue weighted by Crippen LogP contribution is 2.13. The van der Waals surface area contributed by atoms with Crippen molar-refractivity contribution in [3.8, 4) is 0 Å². The average molecular weight is 204 g/mol. The van der Waals surface area contributed by atoms with Crippen LogP contribution in [-0.4, -0.2) is 27.4 Å². The number of nitrogens with two attached hydrogens (primary N) is 1. The molecular formula is C7H10ClN3O2. The van der Waals surface area contributed by atoms with E-state index in [0.29, 0.717) is 18.0 Å². The summed E-state index contributed by atoms with van der Waals surface area (Å²) in [5, 5.41) is 13.0. The van der Waals surface area contributed by atoms with Gasteiger partial charge in [0, 0.05) is 6.20 Å².